The lowest BCUT2D eigenvalue weighted by Gasteiger charge is -2.14. The number of methoxy groups -OCH3 is 3. The average molecular weight is 467 g/mol. The van der Waals surface area contributed by atoms with E-state index in [0.29, 0.717) is 38.7 Å². The summed E-state index contributed by atoms with van der Waals surface area (Å²) in [5, 5.41) is 8.06. The van der Waals surface area contributed by atoms with Crippen molar-refractivity contribution in [2.75, 3.05) is 26.6 Å². The highest BCUT2D eigenvalue weighted by molar-refractivity contribution is 6.30. The lowest BCUT2D eigenvalue weighted by molar-refractivity contribution is 0.0601. The summed E-state index contributed by atoms with van der Waals surface area (Å²) < 4.78 is 20.9. The highest BCUT2D eigenvalue weighted by Gasteiger charge is 2.20. The van der Waals surface area contributed by atoms with Gasteiger partial charge in [0.1, 0.15) is 5.52 Å². The highest BCUT2D eigenvalue weighted by atomic mass is 35.5. The number of nitrogens with one attached hydrogen (secondary N) is 1. The zero-order chi connectivity index (χ0) is 23.5. The summed E-state index contributed by atoms with van der Waals surface area (Å²) in [6.45, 7) is 0. The Bertz CT molecular complexity index is 1350. The van der Waals surface area contributed by atoms with Gasteiger partial charge < -0.3 is 24.1 Å². The first-order chi connectivity index (χ1) is 15.9. The molecule has 0 fully saturated rings. The molecule has 33 heavy (non-hydrogen) atoms. The molecule has 0 saturated heterocycles. The minimum Gasteiger partial charge on any atom is -0.493 e. The fourth-order valence-electron chi connectivity index (χ4n) is 3.35. The number of anilines is 1. The van der Waals surface area contributed by atoms with E-state index < -0.39 is 11.9 Å². The van der Waals surface area contributed by atoms with E-state index in [1.54, 1.807) is 42.5 Å². The molecule has 1 aromatic heterocycles. The Morgan fingerprint density at radius 3 is 2.30 bits per heavy atom. The number of benzene rings is 3. The predicted molar refractivity (Wildman–Crippen MR) is 123 cm³/mol. The second-order valence-corrected chi connectivity index (χ2v) is 7.39. The number of esters is 1. The van der Waals surface area contributed by atoms with Crippen molar-refractivity contribution in [3.8, 4) is 22.8 Å². The molecule has 4 aromatic rings. The van der Waals surface area contributed by atoms with Crippen LogP contribution in [0.2, 0.25) is 5.02 Å². The number of ether oxygens (including phenoxy) is 3. The van der Waals surface area contributed by atoms with E-state index >= 15 is 0 Å². The van der Waals surface area contributed by atoms with E-state index in [0.717, 1.165) is 5.56 Å². The average Bonchev–Trinajstić information content (AvgIpc) is 3.27. The number of halogens is 1. The molecule has 0 aliphatic rings. The molecule has 9 heteroatoms. The quantitative estimate of drug-likeness (QED) is 0.389. The number of rotatable bonds is 6. The van der Waals surface area contributed by atoms with Gasteiger partial charge in [-0.05, 0) is 42.5 Å². The number of fused-ring (bicyclic) bond motifs is 1. The maximum absolute atomic E-state index is 13.1. The third-order valence-electron chi connectivity index (χ3n) is 5.02. The molecule has 0 radical (unpaired) electrons. The van der Waals surface area contributed by atoms with Crippen molar-refractivity contribution in [3.05, 3.63) is 70.7 Å². The molecule has 168 valence electrons. The first-order valence-electron chi connectivity index (χ1n) is 9.76. The van der Waals surface area contributed by atoms with Gasteiger partial charge in [0.25, 0.3) is 5.91 Å². The van der Waals surface area contributed by atoms with Crippen molar-refractivity contribution >= 4 is 40.1 Å². The summed E-state index contributed by atoms with van der Waals surface area (Å²) in [6.07, 6.45) is 0. The largest absolute Gasteiger partial charge is 0.493 e. The molecule has 0 aliphatic heterocycles. The van der Waals surface area contributed by atoms with Crippen molar-refractivity contribution in [3.63, 3.8) is 0 Å². The van der Waals surface area contributed by atoms with E-state index in [1.807, 2.05) is 0 Å². The van der Waals surface area contributed by atoms with Crippen LogP contribution in [0.4, 0.5) is 5.69 Å². The van der Waals surface area contributed by atoms with Crippen molar-refractivity contribution in [2.24, 2.45) is 0 Å². The lowest BCUT2D eigenvalue weighted by Crippen LogP contribution is -2.16. The lowest BCUT2D eigenvalue weighted by atomic mass is 10.1. The van der Waals surface area contributed by atoms with Crippen molar-refractivity contribution in [2.45, 2.75) is 0 Å². The minimum absolute atomic E-state index is 0.122. The van der Waals surface area contributed by atoms with Gasteiger partial charge in [-0.1, -0.05) is 16.8 Å². The first-order valence-corrected chi connectivity index (χ1v) is 10.1. The van der Waals surface area contributed by atoms with E-state index in [4.69, 9.17) is 30.3 Å². The SMILES string of the molecule is COC(=O)c1cc(OC)c(OC)cc1NC(=O)c1ccc2noc(-c3ccc(Cl)cc3)c2c1. The molecule has 1 N–H and O–H groups in total. The number of aromatic nitrogens is 1. The van der Waals surface area contributed by atoms with Gasteiger partial charge in [0, 0.05) is 28.3 Å². The zero-order valence-electron chi connectivity index (χ0n) is 18.0. The van der Waals surface area contributed by atoms with Gasteiger partial charge in [-0.3, -0.25) is 4.79 Å². The van der Waals surface area contributed by atoms with Gasteiger partial charge in [0.15, 0.2) is 17.3 Å². The topological polar surface area (TPSA) is 99.9 Å². The molecule has 0 aliphatic carbocycles. The normalized spacial score (nSPS) is 10.7. The summed E-state index contributed by atoms with van der Waals surface area (Å²) in [5.41, 5.74) is 2.04. The van der Waals surface area contributed by atoms with Gasteiger partial charge in [-0.15, -0.1) is 0 Å². The maximum atomic E-state index is 13.1. The van der Waals surface area contributed by atoms with Crippen LogP contribution >= 0.6 is 11.6 Å². The highest BCUT2D eigenvalue weighted by Crippen LogP contribution is 2.34. The third kappa shape index (κ3) is 4.33. The molecule has 8 nitrogen and oxygen atoms in total. The summed E-state index contributed by atoms with van der Waals surface area (Å²) in [7, 11) is 4.16. The van der Waals surface area contributed by atoms with E-state index in [-0.39, 0.29) is 11.3 Å². The van der Waals surface area contributed by atoms with Gasteiger partial charge in [0.2, 0.25) is 0 Å². The van der Waals surface area contributed by atoms with Crippen molar-refractivity contribution in [1.29, 1.82) is 0 Å². The Labute approximate surface area is 194 Å². The molecular weight excluding hydrogens is 448 g/mol. The first kappa shape index (κ1) is 22.2. The van der Waals surface area contributed by atoms with E-state index in [2.05, 4.69) is 10.5 Å². The van der Waals surface area contributed by atoms with Crippen molar-refractivity contribution in [1.82, 2.24) is 5.16 Å². The smallest absolute Gasteiger partial charge is 0.340 e. The molecule has 0 spiro atoms. The molecule has 3 aromatic carbocycles. The van der Waals surface area contributed by atoms with Crippen LogP contribution in [0.5, 0.6) is 11.5 Å². The Balaban J connectivity index is 1.71. The third-order valence-corrected chi connectivity index (χ3v) is 5.27. The number of hydrogen-bond donors (Lipinski definition) is 1. The fraction of sp³-hybridized carbons (Fsp3) is 0.125. The number of nitrogens with zero attached hydrogens (tertiary/aromatic N) is 1. The molecule has 4 rings (SSSR count). The number of hydrogen-bond acceptors (Lipinski definition) is 7. The fourth-order valence-corrected chi connectivity index (χ4v) is 3.47. The summed E-state index contributed by atoms with van der Waals surface area (Å²) in [4.78, 5) is 25.4. The molecule has 0 saturated carbocycles. The Kier molecular flexibility index (Phi) is 6.19. The van der Waals surface area contributed by atoms with Crippen LogP contribution in [-0.4, -0.2) is 38.4 Å². The molecule has 0 atom stereocenters. The standard InChI is InChI=1S/C24H19ClN2O6/c1-30-20-11-17(24(29)32-3)19(12-21(20)31-2)26-23(28)14-6-9-18-16(10-14)22(33-27-18)13-4-7-15(25)8-5-13/h4-12H,1-3H3,(H,26,28). The van der Waals surface area contributed by atoms with Crippen LogP contribution in [0.15, 0.2) is 59.1 Å². The number of carbonyl (C=O) groups excluding carboxylic acids is 2. The summed E-state index contributed by atoms with van der Waals surface area (Å²) in [5.74, 6) is 0.107. The van der Waals surface area contributed by atoms with Crippen LogP contribution in [0.1, 0.15) is 20.7 Å². The van der Waals surface area contributed by atoms with Gasteiger partial charge >= 0.3 is 5.97 Å². The summed E-state index contributed by atoms with van der Waals surface area (Å²) in [6, 6.07) is 15.0. The summed E-state index contributed by atoms with van der Waals surface area (Å²) >= 11 is 5.97. The van der Waals surface area contributed by atoms with E-state index in [9.17, 15) is 9.59 Å². The Morgan fingerprint density at radius 1 is 0.939 bits per heavy atom. The van der Waals surface area contributed by atoms with Crippen LogP contribution in [0.25, 0.3) is 22.2 Å². The second kappa shape index (κ2) is 9.22. The predicted octanol–water partition coefficient (Wildman–Crippen LogP) is 5.20. The van der Waals surface area contributed by atoms with Crippen LogP contribution in [0.3, 0.4) is 0 Å². The zero-order valence-corrected chi connectivity index (χ0v) is 18.7. The molecule has 0 unspecified atom stereocenters. The second-order valence-electron chi connectivity index (χ2n) is 6.95. The van der Waals surface area contributed by atoms with E-state index in [1.165, 1.54) is 33.5 Å². The molecule has 1 amide bonds. The monoisotopic (exact) mass is 466 g/mol. The van der Waals surface area contributed by atoms with Crippen LogP contribution < -0.4 is 14.8 Å². The Hall–Kier alpha value is -4.04. The molecular formula is C24H19ClN2O6. The Morgan fingerprint density at radius 2 is 1.64 bits per heavy atom. The van der Waals surface area contributed by atoms with Gasteiger partial charge in [0.05, 0.1) is 38.0 Å². The number of carbonyl (C=O) groups is 2. The van der Waals surface area contributed by atoms with Gasteiger partial charge in [-0.25, -0.2) is 4.79 Å². The maximum Gasteiger partial charge on any atom is 0.340 e. The molecule has 1 heterocycles. The van der Waals surface area contributed by atoms with Crippen molar-refractivity contribution < 1.29 is 28.3 Å². The van der Waals surface area contributed by atoms with Crippen LogP contribution in [-0.2, 0) is 4.74 Å². The number of amides is 1. The van der Waals surface area contributed by atoms with Crippen LogP contribution in [0, 0.1) is 0 Å². The molecule has 0 bridgehead atoms. The van der Waals surface area contributed by atoms with Gasteiger partial charge in [-0.2, -0.15) is 0 Å². The minimum atomic E-state index is -0.634.